The molecule has 0 bridgehead atoms. The van der Waals surface area contributed by atoms with Crippen molar-refractivity contribution in [2.45, 2.75) is 73.1 Å². The third-order valence-electron chi connectivity index (χ3n) is 4.91. The van der Waals surface area contributed by atoms with Gasteiger partial charge in [-0.05, 0) is 54.9 Å². The van der Waals surface area contributed by atoms with Crippen LogP contribution in [0.4, 0.5) is 0 Å². The van der Waals surface area contributed by atoms with Gasteiger partial charge < -0.3 is 4.74 Å². The number of ether oxygens (including phenoxy) is 1. The molecule has 0 saturated carbocycles. The van der Waals surface area contributed by atoms with E-state index in [-0.39, 0.29) is 5.97 Å². The molecule has 1 aromatic carbocycles. The summed E-state index contributed by atoms with van der Waals surface area (Å²) in [5.41, 5.74) is 2.16. The summed E-state index contributed by atoms with van der Waals surface area (Å²) < 4.78 is 5.35. The smallest absolute Gasteiger partial charge is 0.336 e. The average molecular weight is 357 g/mol. The van der Waals surface area contributed by atoms with E-state index >= 15 is 0 Å². The van der Waals surface area contributed by atoms with Crippen molar-refractivity contribution in [2.75, 3.05) is 0 Å². The van der Waals surface area contributed by atoms with Gasteiger partial charge in [0.1, 0.15) is 5.75 Å². The number of esters is 1. The number of aryl methyl sites for hydroxylation is 1. The van der Waals surface area contributed by atoms with Gasteiger partial charge >= 0.3 is 5.97 Å². The standard InChI is InChI=1S/C24H36O2/c1-6-19(3)10-8-11-20(4)12-9-13-21(5)18-24(25)26-23-16-14-22(7-2)15-17-23/h9,13-20H,6-8,10-12H2,1-5H3. The van der Waals surface area contributed by atoms with Crippen LogP contribution in [0.5, 0.6) is 5.75 Å². The van der Waals surface area contributed by atoms with Crippen LogP contribution < -0.4 is 4.74 Å². The second kappa shape index (κ2) is 12.5. The monoisotopic (exact) mass is 356 g/mol. The Kier molecular flexibility index (Phi) is 10.7. The zero-order valence-electron chi connectivity index (χ0n) is 17.3. The van der Waals surface area contributed by atoms with Crippen LogP contribution in [0.25, 0.3) is 0 Å². The van der Waals surface area contributed by atoms with Crippen LogP contribution >= 0.6 is 0 Å². The maximum atomic E-state index is 12.0. The third-order valence-corrected chi connectivity index (χ3v) is 4.91. The minimum absolute atomic E-state index is 0.321. The second-order valence-corrected chi connectivity index (χ2v) is 7.49. The predicted octanol–water partition coefficient (Wildman–Crippen LogP) is 6.90. The summed E-state index contributed by atoms with van der Waals surface area (Å²) in [5, 5.41) is 0. The van der Waals surface area contributed by atoms with Crippen LogP contribution in [0.2, 0.25) is 0 Å². The summed E-state index contributed by atoms with van der Waals surface area (Å²) >= 11 is 0. The Labute approximate surface area is 160 Å². The van der Waals surface area contributed by atoms with Gasteiger partial charge in [0.05, 0.1) is 0 Å². The molecule has 144 valence electrons. The topological polar surface area (TPSA) is 26.3 Å². The molecule has 2 heteroatoms. The van der Waals surface area contributed by atoms with Gasteiger partial charge in [-0.15, -0.1) is 0 Å². The van der Waals surface area contributed by atoms with Crippen molar-refractivity contribution >= 4 is 5.97 Å². The van der Waals surface area contributed by atoms with E-state index in [1.165, 1.54) is 31.2 Å². The van der Waals surface area contributed by atoms with Gasteiger partial charge in [0.15, 0.2) is 0 Å². The molecule has 0 aliphatic carbocycles. The number of hydrogen-bond acceptors (Lipinski definition) is 2. The Balaban J connectivity index is 2.36. The second-order valence-electron chi connectivity index (χ2n) is 7.49. The van der Waals surface area contributed by atoms with Gasteiger partial charge in [0.2, 0.25) is 0 Å². The predicted molar refractivity (Wildman–Crippen MR) is 111 cm³/mol. The molecule has 26 heavy (non-hydrogen) atoms. The molecule has 2 atom stereocenters. The summed E-state index contributed by atoms with van der Waals surface area (Å²) in [6.07, 6.45) is 13.0. The Morgan fingerprint density at radius 1 is 1.08 bits per heavy atom. The largest absolute Gasteiger partial charge is 0.423 e. The van der Waals surface area contributed by atoms with Gasteiger partial charge in [-0.25, -0.2) is 4.79 Å². The fraction of sp³-hybridized carbons (Fsp3) is 0.542. The lowest BCUT2D eigenvalue weighted by molar-refractivity contribution is -0.129. The van der Waals surface area contributed by atoms with Gasteiger partial charge in [-0.2, -0.15) is 0 Å². The highest BCUT2D eigenvalue weighted by atomic mass is 16.5. The van der Waals surface area contributed by atoms with E-state index in [1.807, 2.05) is 37.3 Å². The molecule has 0 aliphatic rings. The fourth-order valence-electron chi connectivity index (χ4n) is 2.80. The van der Waals surface area contributed by atoms with Crippen LogP contribution in [-0.2, 0) is 11.2 Å². The summed E-state index contributed by atoms with van der Waals surface area (Å²) in [5.74, 6) is 1.80. The normalized spacial score (nSPS) is 14.4. The molecule has 0 aliphatic heterocycles. The molecular formula is C24H36O2. The van der Waals surface area contributed by atoms with Crippen molar-refractivity contribution in [3.05, 3.63) is 53.6 Å². The molecule has 1 rings (SSSR count). The first-order valence-corrected chi connectivity index (χ1v) is 10.1. The van der Waals surface area contributed by atoms with Crippen molar-refractivity contribution in [3.8, 4) is 5.75 Å². The quantitative estimate of drug-likeness (QED) is 0.186. The first-order chi connectivity index (χ1) is 12.4. The molecule has 2 unspecified atom stereocenters. The minimum Gasteiger partial charge on any atom is -0.423 e. The zero-order valence-corrected chi connectivity index (χ0v) is 17.3. The van der Waals surface area contributed by atoms with Crippen LogP contribution in [0.3, 0.4) is 0 Å². The molecule has 0 saturated heterocycles. The van der Waals surface area contributed by atoms with Gasteiger partial charge in [-0.1, -0.05) is 77.7 Å². The van der Waals surface area contributed by atoms with E-state index in [1.54, 1.807) is 6.08 Å². The Bertz CT molecular complexity index is 581. The summed E-state index contributed by atoms with van der Waals surface area (Å²) in [4.78, 5) is 12.0. The van der Waals surface area contributed by atoms with Gasteiger partial charge in [0, 0.05) is 6.08 Å². The number of hydrogen-bond donors (Lipinski definition) is 0. The fourth-order valence-corrected chi connectivity index (χ4v) is 2.80. The minimum atomic E-state index is -0.321. The molecule has 2 nitrogen and oxygen atoms in total. The van der Waals surface area contributed by atoms with E-state index in [0.717, 1.165) is 24.3 Å². The lowest BCUT2D eigenvalue weighted by atomic mass is 9.95. The van der Waals surface area contributed by atoms with E-state index < -0.39 is 0 Å². The molecule has 0 radical (unpaired) electrons. The molecule has 0 aromatic heterocycles. The maximum Gasteiger partial charge on any atom is 0.336 e. The number of carbonyl (C=O) groups is 1. The lowest BCUT2D eigenvalue weighted by Crippen LogP contribution is -2.04. The summed E-state index contributed by atoms with van der Waals surface area (Å²) in [6, 6.07) is 7.66. The van der Waals surface area contributed by atoms with E-state index in [9.17, 15) is 4.79 Å². The Hall–Kier alpha value is -1.83. The number of rotatable bonds is 11. The molecule has 0 spiro atoms. The molecule has 0 heterocycles. The zero-order chi connectivity index (χ0) is 19.4. The summed E-state index contributed by atoms with van der Waals surface area (Å²) in [7, 11) is 0. The van der Waals surface area contributed by atoms with Crippen molar-refractivity contribution in [3.63, 3.8) is 0 Å². The highest BCUT2D eigenvalue weighted by Crippen LogP contribution is 2.18. The highest BCUT2D eigenvalue weighted by molar-refractivity contribution is 5.85. The SMILES string of the molecule is CCc1ccc(OC(=O)C=C(C)C=CCC(C)CCCC(C)CC)cc1. The van der Waals surface area contributed by atoms with E-state index in [2.05, 4.69) is 33.8 Å². The third kappa shape index (κ3) is 9.60. The number of carbonyl (C=O) groups excluding carboxylic acids is 1. The molecular weight excluding hydrogens is 320 g/mol. The first kappa shape index (κ1) is 22.2. The average Bonchev–Trinajstić information content (AvgIpc) is 2.62. The Morgan fingerprint density at radius 2 is 1.73 bits per heavy atom. The van der Waals surface area contributed by atoms with E-state index in [4.69, 9.17) is 4.74 Å². The Morgan fingerprint density at radius 3 is 2.35 bits per heavy atom. The molecule has 0 N–H and O–H groups in total. The van der Waals surface area contributed by atoms with Gasteiger partial charge in [-0.3, -0.25) is 0 Å². The number of benzene rings is 1. The highest BCUT2D eigenvalue weighted by Gasteiger charge is 2.04. The lowest BCUT2D eigenvalue weighted by Gasteiger charge is -2.11. The number of allylic oxidation sites excluding steroid dienone is 3. The van der Waals surface area contributed by atoms with Crippen LogP contribution in [-0.4, -0.2) is 5.97 Å². The van der Waals surface area contributed by atoms with E-state index in [0.29, 0.717) is 11.7 Å². The molecule has 0 amide bonds. The van der Waals surface area contributed by atoms with Crippen LogP contribution in [0.1, 0.15) is 72.3 Å². The van der Waals surface area contributed by atoms with Crippen molar-refractivity contribution < 1.29 is 9.53 Å². The first-order valence-electron chi connectivity index (χ1n) is 10.1. The molecule has 1 aromatic rings. The van der Waals surface area contributed by atoms with Crippen molar-refractivity contribution in [2.24, 2.45) is 11.8 Å². The van der Waals surface area contributed by atoms with Crippen molar-refractivity contribution in [1.29, 1.82) is 0 Å². The van der Waals surface area contributed by atoms with Gasteiger partial charge in [0.25, 0.3) is 0 Å². The van der Waals surface area contributed by atoms with Crippen LogP contribution in [0, 0.1) is 11.8 Å². The molecule has 0 fully saturated rings. The van der Waals surface area contributed by atoms with Crippen molar-refractivity contribution in [1.82, 2.24) is 0 Å². The van der Waals surface area contributed by atoms with Crippen LogP contribution in [0.15, 0.2) is 48.1 Å². The maximum absolute atomic E-state index is 12.0. The summed E-state index contributed by atoms with van der Waals surface area (Å²) in [6.45, 7) is 10.9.